The van der Waals surface area contributed by atoms with Crippen molar-refractivity contribution in [3.63, 3.8) is 0 Å². The Labute approximate surface area is 171 Å². The number of amides is 1. The first-order valence-corrected chi connectivity index (χ1v) is 10.1. The average molecular weight is 399 g/mol. The van der Waals surface area contributed by atoms with Crippen molar-refractivity contribution in [2.45, 2.75) is 63.7 Å². The Bertz CT molecular complexity index is 846. The summed E-state index contributed by atoms with van der Waals surface area (Å²) in [4.78, 5) is 30.8. The van der Waals surface area contributed by atoms with Crippen LogP contribution >= 0.6 is 0 Å². The highest BCUT2D eigenvalue weighted by Gasteiger charge is 2.43. The van der Waals surface area contributed by atoms with Gasteiger partial charge in [-0.25, -0.2) is 0 Å². The lowest BCUT2D eigenvalue weighted by molar-refractivity contribution is -0.148. The zero-order valence-electron chi connectivity index (χ0n) is 17.4. The summed E-state index contributed by atoms with van der Waals surface area (Å²) in [7, 11) is 0. The minimum atomic E-state index is -0.912. The maximum absolute atomic E-state index is 12.6. The number of carbonyl (C=O) groups excluding carboxylic acids is 1. The third-order valence-electron chi connectivity index (χ3n) is 5.63. The van der Waals surface area contributed by atoms with Crippen LogP contribution in [-0.2, 0) is 26.8 Å². The smallest absolute Gasteiger partial charge is 0.314 e. The molecule has 1 amide bonds. The van der Waals surface area contributed by atoms with E-state index in [1.54, 1.807) is 4.90 Å². The lowest BCUT2D eigenvalue weighted by atomic mass is 9.73. The molecule has 7 nitrogen and oxygen atoms in total. The molecule has 0 saturated carbocycles. The number of aliphatic carboxylic acids is 1. The van der Waals surface area contributed by atoms with E-state index in [1.807, 2.05) is 51.1 Å². The van der Waals surface area contributed by atoms with Gasteiger partial charge in [0.05, 0.1) is 5.41 Å². The second-order valence-corrected chi connectivity index (χ2v) is 8.75. The number of nitrogens with zero attached hydrogens (tertiary/aromatic N) is 3. The molecule has 1 aliphatic rings. The Morgan fingerprint density at radius 1 is 1.17 bits per heavy atom. The first-order valence-electron chi connectivity index (χ1n) is 10.1. The maximum Gasteiger partial charge on any atom is 0.314 e. The molecule has 0 atom stereocenters. The lowest BCUT2D eigenvalue weighted by Gasteiger charge is -2.39. The van der Waals surface area contributed by atoms with E-state index in [1.165, 1.54) is 0 Å². The number of benzene rings is 1. The van der Waals surface area contributed by atoms with Crippen molar-refractivity contribution < 1.29 is 19.2 Å². The molecule has 0 radical (unpaired) electrons. The third kappa shape index (κ3) is 4.66. The van der Waals surface area contributed by atoms with Gasteiger partial charge in [0.25, 0.3) is 0 Å². The Morgan fingerprint density at radius 2 is 1.83 bits per heavy atom. The number of rotatable bonds is 6. The van der Waals surface area contributed by atoms with Crippen molar-refractivity contribution in [2.75, 3.05) is 13.1 Å². The summed E-state index contributed by atoms with van der Waals surface area (Å²) in [5, 5.41) is 13.9. The van der Waals surface area contributed by atoms with E-state index in [-0.39, 0.29) is 11.3 Å². The minimum absolute atomic E-state index is 0.0487. The van der Waals surface area contributed by atoms with Crippen molar-refractivity contribution >= 4 is 11.9 Å². The van der Waals surface area contributed by atoms with Crippen LogP contribution < -0.4 is 0 Å². The zero-order valence-corrected chi connectivity index (χ0v) is 17.4. The molecule has 1 saturated heterocycles. The highest BCUT2D eigenvalue weighted by molar-refractivity contribution is 5.82. The Balaban J connectivity index is 1.52. The van der Waals surface area contributed by atoms with Crippen LogP contribution in [-0.4, -0.2) is 45.1 Å². The molecule has 1 N–H and O–H groups in total. The zero-order chi connectivity index (χ0) is 21.1. The quantitative estimate of drug-likeness (QED) is 0.800. The molecular formula is C22H29N3O4. The lowest BCUT2D eigenvalue weighted by Crippen LogP contribution is -2.49. The number of piperidine rings is 1. The predicted octanol–water partition coefficient (Wildman–Crippen LogP) is 3.33. The number of hydrogen-bond donors (Lipinski definition) is 1. The van der Waals surface area contributed by atoms with Gasteiger partial charge in [0, 0.05) is 31.3 Å². The van der Waals surface area contributed by atoms with E-state index in [9.17, 15) is 14.7 Å². The predicted molar refractivity (Wildman–Crippen MR) is 108 cm³/mol. The van der Waals surface area contributed by atoms with Gasteiger partial charge in [0.1, 0.15) is 0 Å². The van der Waals surface area contributed by atoms with Gasteiger partial charge in [-0.15, -0.1) is 0 Å². The van der Waals surface area contributed by atoms with E-state index < -0.39 is 11.4 Å². The molecule has 7 heteroatoms. The van der Waals surface area contributed by atoms with Crippen LogP contribution in [0.3, 0.4) is 0 Å². The number of aromatic nitrogens is 2. The fourth-order valence-corrected chi connectivity index (χ4v) is 3.73. The topological polar surface area (TPSA) is 96.5 Å². The van der Waals surface area contributed by atoms with Crippen LogP contribution in [0.5, 0.6) is 0 Å². The molecular weight excluding hydrogens is 370 g/mol. The van der Waals surface area contributed by atoms with Crippen LogP contribution in [0.4, 0.5) is 0 Å². The van der Waals surface area contributed by atoms with Crippen molar-refractivity contribution in [1.29, 1.82) is 0 Å². The largest absolute Gasteiger partial charge is 0.481 e. The summed E-state index contributed by atoms with van der Waals surface area (Å²) in [6, 6.07) is 9.33. The van der Waals surface area contributed by atoms with Crippen LogP contribution in [0.15, 0.2) is 34.9 Å². The summed E-state index contributed by atoms with van der Waals surface area (Å²) in [5.41, 5.74) is -0.267. The Kier molecular flexibility index (Phi) is 6.05. The van der Waals surface area contributed by atoms with Gasteiger partial charge in [-0.05, 0) is 24.8 Å². The summed E-state index contributed by atoms with van der Waals surface area (Å²) < 4.78 is 5.27. The normalized spacial score (nSPS) is 16.6. The van der Waals surface area contributed by atoms with Gasteiger partial charge in [-0.1, -0.05) is 56.3 Å². The number of hydrogen-bond acceptors (Lipinski definition) is 5. The molecule has 1 aromatic heterocycles. The average Bonchev–Trinajstić information content (AvgIpc) is 3.18. The standard InChI is InChI=1S/C22H29N3O4/c1-21(2,3)19-23-17(29-24-19)10-7-11-18(26)25-14-12-22(13-15-25,20(27)28)16-8-5-4-6-9-16/h4-6,8-9H,7,10-15H2,1-3H3,(H,27,28). The molecule has 3 rings (SSSR count). The third-order valence-corrected chi connectivity index (χ3v) is 5.63. The van der Waals surface area contributed by atoms with Gasteiger partial charge >= 0.3 is 5.97 Å². The number of carbonyl (C=O) groups is 2. The second-order valence-electron chi connectivity index (χ2n) is 8.75. The van der Waals surface area contributed by atoms with E-state index >= 15 is 0 Å². The second kappa shape index (κ2) is 8.35. The first-order chi connectivity index (χ1) is 13.7. The Hall–Kier alpha value is -2.70. The van der Waals surface area contributed by atoms with Crippen molar-refractivity contribution in [2.24, 2.45) is 0 Å². The number of carboxylic acid groups (broad SMARTS) is 1. The monoisotopic (exact) mass is 399 g/mol. The molecule has 0 spiro atoms. The molecule has 1 aromatic carbocycles. The van der Waals surface area contributed by atoms with Crippen LogP contribution in [0.1, 0.15) is 63.7 Å². The molecule has 29 heavy (non-hydrogen) atoms. The molecule has 0 aliphatic carbocycles. The van der Waals surface area contributed by atoms with Crippen molar-refractivity contribution in [3.8, 4) is 0 Å². The van der Waals surface area contributed by atoms with E-state index in [2.05, 4.69) is 10.1 Å². The van der Waals surface area contributed by atoms with Crippen LogP contribution in [0.25, 0.3) is 0 Å². The molecule has 2 heterocycles. The fourth-order valence-electron chi connectivity index (χ4n) is 3.73. The Morgan fingerprint density at radius 3 is 2.38 bits per heavy atom. The molecule has 156 valence electrons. The van der Waals surface area contributed by atoms with Gasteiger partial charge in [0.2, 0.25) is 11.8 Å². The number of carboxylic acids is 1. The molecule has 0 bridgehead atoms. The first kappa shape index (κ1) is 21.0. The number of aryl methyl sites for hydroxylation is 1. The van der Waals surface area contributed by atoms with Gasteiger partial charge in [-0.2, -0.15) is 4.98 Å². The van der Waals surface area contributed by atoms with Crippen LogP contribution in [0.2, 0.25) is 0 Å². The maximum atomic E-state index is 12.6. The summed E-state index contributed by atoms with van der Waals surface area (Å²) >= 11 is 0. The summed E-state index contributed by atoms with van der Waals surface area (Å²) in [5.74, 6) is 0.450. The molecule has 1 fully saturated rings. The van der Waals surface area contributed by atoms with Crippen molar-refractivity contribution in [3.05, 3.63) is 47.6 Å². The van der Waals surface area contributed by atoms with E-state index in [0.29, 0.717) is 56.9 Å². The van der Waals surface area contributed by atoms with Gasteiger partial charge in [-0.3, -0.25) is 9.59 Å². The SMILES string of the molecule is CC(C)(C)c1noc(CCCC(=O)N2CCC(C(=O)O)(c3ccccc3)CC2)n1. The summed E-state index contributed by atoms with van der Waals surface area (Å²) in [6.07, 6.45) is 2.43. The van der Waals surface area contributed by atoms with Gasteiger partial charge in [0.15, 0.2) is 5.82 Å². The number of likely N-dealkylation sites (tertiary alicyclic amines) is 1. The fraction of sp³-hybridized carbons (Fsp3) is 0.545. The van der Waals surface area contributed by atoms with Gasteiger partial charge < -0.3 is 14.5 Å². The highest BCUT2D eigenvalue weighted by Crippen LogP contribution is 2.36. The molecule has 0 unspecified atom stereocenters. The van der Waals surface area contributed by atoms with E-state index in [4.69, 9.17) is 4.52 Å². The van der Waals surface area contributed by atoms with Crippen LogP contribution in [0, 0.1) is 0 Å². The minimum Gasteiger partial charge on any atom is -0.481 e. The van der Waals surface area contributed by atoms with E-state index in [0.717, 1.165) is 5.56 Å². The highest BCUT2D eigenvalue weighted by atomic mass is 16.5. The van der Waals surface area contributed by atoms with Crippen molar-refractivity contribution in [1.82, 2.24) is 15.0 Å². The molecule has 2 aromatic rings. The summed E-state index contributed by atoms with van der Waals surface area (Å²) in [6.45, 7) is 6.97. The molecule has 1 aliphatic heterocycles.